The van der Waals surface area contributed by atoms with Gasteiger partial charge in [-0.3, -0.25) is 4.79 Å². The molecule has 6 nitrogen and oxygen atoms in total. The Labute approximate surface area is 171 Å². The summed E-state index contributed by atoms with van der Waals surface area (Å²) in [6.45, 7) is 3.13. The summed E-state index contributed by atoms with van der Waals surface area (Å²) in [4.78, 5) is 18.4. The molecule has 1 aromatic heterocycles. The lowest BCUT2D eigenvalue weighted by molar-refractivity contribution is -0.132. The van der Waals surface area contributed by atoms with Crippen LogP contribution in [0.1, 0.15) is 62.9 Å². The molecule has 0 spiro atoms. The second-order valence-corrected chi connectivity index (χ2v) is 8.03. The lowest BCUT2D eigenvalue weighted by Gasteiger charge is -2.22. The highest BCUT2D eigenvalue weighted by atomic mass is 19.2. The van der Waals surface area contributed by atoms with E-state index < -0.39 is 35.2 Å². The van der Waals surface area contributed by atoms with E-state index in [1.165, 1.54) is 13.8 Å². The van der Waals surface area contributed by atoms with Crippen LogP contribution >= 0.6 is 0 Å². The number of carbonyl (C=O) groups is 1. The molecule has 2 aromatic rings. The van der Waals surface area contributed by atoms with Crippen molar-refractivity contribution in [2.75, 3.05) is 6.54 Å². The zero-order valence-corrected chi connectivity index (χ0v) is 16.8. The average molecular weight is 428 g/mol. The molecule has 0 radical (unpaired) electrons. The lowest BCUT2D eigenvalue weighted by Crippen LogP contribution is -2.33. The molecule has 1 fully saturated rings. The summed E-state index contributed by atoms with van der Waals surface area (Å²) in [6, 6.07) is 0.217. The number of carbonyl (C=O) groups excluding carboxylic acids is 1. The first-order chi connectivity index (χ1) is 14.1. The van der Waals surface area contributed by atoms with Gasteiger partial charge in [-0.15, -0.1) is 0 Å². The molecule has 1 aliphatic heterocycles. The quantitative estimate of drug-likeness (QED) is 0.537. The van der Waals surface area contributed by atoms with Crippen LogP contribution in [0, 0.1) is 17.5 Å². The van der Waals surface area contributed by atoms with Crippen molar-refractivity contribution in [1.82, 2.24) is 15.0 Å². The molecule has 1 aromatic carbocycles. The summed E-state index contributed by atoms with van der Waals surface area (Å²) >= 11 is 0. The SMILES string of the molecule is CC(C)(F)c1noc([C@@H]2CCCN2C(=O)CCC(N)Cc2cc(F)c(F)cc2F)n1. The Kier molecular flexibility index (Phi) is 6.44. The standard InChI is InChI=1S/C20H24F4N4O2/c1-20(2,24)19-26-18(30-27-19)16-4-3-7-28(16)17(29)6-5-12(25)8-11-9-14(22)15(23)10-13(11)21/h9-10,12,16H,3-8,25H2,1-2H3/t12?,16-/m0/s1. The molecule has 2 heterocycles. The molecule has 1 unspecified atom stereocenters. The highest BCUT2D eigenvalue weighted by Crippen LogP contribution is 2.33. The van der Waals surface area contributed by atoms with Crippen molar-refractivity contribution < 1.29 is 26.9 Å². The molecular formula is C20H24F4N4O2. The van der Waals surface area contributed by atoms with Crippen LogP contribution in [0.5, 0.6) is 0 Å². The fourth-order valence-corrected chi connectivity index (χ4v) is 3.49. The van der Waals surface area contributed by atoms with E-state index >= 15 is 0 Å². The molecule has 1 amide bonds. The first-order valence-corrected chi connectivity index (χ1v) is 9.77. The first-order valence-electron chi connectivity index (χ1n) is 9.77. The number of amides is 1. The molecule has 164 valence electrons. The number of aromatic nitrogens is 2. The summed E-state index contributed by atoms with van der Waals surface area (Å²) in [5.74, 6) is -3.37. The Morgan fingerprint density at radius 1 is 1.30 bits per heavy atom. The van der Waals surface area contributed by atoms with Gasteiger partial charge in [0.05, 0.1) is 0 Å². The molecule has 30 heavy (non-hydrogen) atoms. The minimum Gasteiger partial charge on any atom is -0.337 e. The molecule has 2 N–H and O–H groups in total. The van der Waals surface area contributed by atoms with Gasteiger partial charge in [0.25, 0.3) is 0 Å². The Hall–Kier alpha value is -2.49. The predicted molar refractivity (Wildman–Crippen MR) is 99.3 cm³/mol. The summed E-state index contributed by atoms with van der Waals surface area (Å²) in [5, 5.41) is 3.66. The molecule has 1 aliphatic rings. The van der Waals surface area contributed by atoms with Crippen LogP contribution in [0.15, 0.2) is 16.7 Å². The number of alkyl halides is 1. The minimum absolute atomic E-state index is 0.0294. The number of nitrogens with two attached hydrogens (primary N) is 1. The fraction of sp³-hybridized carbons (Fsp3) is 0.550. The highest BCUT2D eigenvalue weighted by Gasteiger charge is 2.35. The molecule has 0 bridgehead atoms. The Morgan fingerprint density at radius 3 is 2.67 bits per heavy atom. The second-order valence-electron chi connectivity index (χ2n) is 8.03. The number of benzene rings is 1. The monoisotopic (exact) mass is 428 g/mol. The van der Waals surface area contributed by atoms with Crippen LogP contribution in [-0.4, -0.2) is 33.5 Å². The van der Waals surface area contributed by atoms with Crippen molar-refractivity contribution in [3.05, 3.63) is 46.9 Å². The van der Waals surface area contributed by atoms with E-state index in [1.54, 1.807) is 4.90 Å². The van der Waals surface area contributed by atoms with Crippen LogP contribution in [-0.2, 0) is 16.9 Å². The van der Waals surface area contributed by atoms with Gasteiger partial charge in [0.2, 0.25) is 17.6 Å². The Bertz CT molecular complexity index is 913. The summed E-state index contributed by atoms with van der Waals surface area (Å²) in [7, 11) is 0. The van der Waals surface area contributed by atoms with Crippen molar-refractivity contribution in [2.45, 2.75) is 63.7 Å². The zero-order chi connectivity index (χ0) is 22.1. The molecule has 3 rings (SSSR count). The smallest absolute Gasteiger partial charge is 0.249 e. The van der Waals surface area contributed by atoms with E-state index in [-0.39, 0.29) is 42.4 Å². The van der Waals surface area contributed by atoms with Gasteiger partial charge < -0.3 is 15.2 Å². The van der Waals surface area contributed by atoms with Crippen molar-refractivity contribution in [3.8, 4) is 0 Å². The van der Waals surface area contributed by atoms with Gasteiger partial charge in [-0.05, 0) is 51.2 Å². The lowest BCUT2D eigenvalue weighted by atomic mass is 10.0. The van der Waals surface area contributed by atoms with Gasteiger partial charge in [0, 0.05) is 25.1 Å². The third-order valence-corrected chi connectivity index (χ3v) is 5.13. The number of halogens is 4. The minimum atomic E-state index is -1.75. The molecule has 1 saturated heterocycles. The Balaban J connectivity index is 1.58. The van der Waals surface area contributed by atoms with Crippen molar-refractivity contribution in [3.63, 3.8) is 0 Å². The van der Waals surface area contributed by atoms with E-state index in [0.717, 1.165) is 12.5 Å². The first kappa shape index (κ1) is 22.2. The van der Waals surface area contributed by atoms with Gasteiger partial charge in [0.1, 0.15) is 11.9 Å². The van der Waals surface area contributed by atoms with Crippen molar-refractivity contribution >= 4 is 5.91 Å². The number of rotatable bonds is 7. The maximum Gasteiger partial charge on any atom is 0.249 e. The summed E-state index contributed by atoms with van der Waals surface area (Å²) < 4.78 is 59.3. The van der Waals surface area contributed by atoms with E-state index in [2.05, 4.69) is 10.1 Å². The zero-order valence-electron chi connectivity index (χ0n) is 16.8. The van der Waals surface area contributed by atoms with Crippen LogP contribution < -0.4 is 5.73 Å². The Morgan fingerprint density at radius 2 is 2.00 bits per heavy atom. The second kappa shape index (κ2) is 8.71. The van der Waals surface area contributed by atoms with Gasteiger partial charge in [-0.2, -0.15) is 4.98 Å². The molecule has 0 saturated carbocycles. The third-order valence-electron chi connectivity index (χ3n) is 5.13. The van der Waals surface area contributed by atoms with Crippen LogP contribution in [0.2, 0.25) is 0 Å². The molecule has 2 atom stereocenters. The van der Waals surface area contributed by atoms with E-state index in [9.17, 15) is 22.4 Å². The van der Waals surface area contributed by atoms with E-state index in [0.29, 0.717) is 19.0 Å². The third kappa shape index (κ3) is 4.97. The molecular weight excluding hydrogens is 404 g/mol. The predicted octanol–water partition coefficient (Wildman–Crippen LogP) is 3.71. The number of likely N-dealkylation sites (tertiary alicyclic amines) is 1. The van der Waals surface area contributed by atoms with Crippen LogP contribution in [0.4, 0.5) is 17.6 Å². The van der Waals surface area contributed by atoms with Gasteiger partial charge in [0.15, 0.2) is 17.3 Å². The maximum atomic E-state index is 14.0. The topological polar surface area (TPSA) is 85.2 Å². The number of nitrogens with zero attached hydrogens (tertiary/aromatic N) is 3. The normalized spacial score (nSPS) is 18.1. The summed E-state index contributed by atoms with van der Waals surface area (Å²) in [6.07, 6.45) is 1.63. The molecule has 0 aliphatic carbocycles. The largest absolute Gasteiger partial charge is 0.337 e. The number of hydrogen-bond donors (Lipinski definition) is 1. The molecule has 10 heteroatoms. The maximum absolute atomic E-state index is 14.0. The number of hydrogen-bond acceptors (Lipinski definition) is 5. The van der Waals surface area contributed by atoms with Crippen LogP contribution in [0.3, 0.4) is 0 Å². The van der Waals surface area contributed by atoms with Crippen molar-refractivity contribution in [1.29, 1.82) is 0 Å². The highest BCUT2D eigenvalue weighted by molar-refractivity contribution is 5.77. The van der Waals surface area contributed by atoms with Crippen molar-refractivity contribution in [2.24, 2.45) is 5.73 Å². The van der Waals surface area contributed by atoms with Gasteiger partial charge >= 0.3 is 0 Å². The van der Waals surface area contributed by atoms with Crippen LogP contribution in [0.25, 0.3) is 0 Å². The fourth-order valence-electron chi connectivity index (χ4n) is 3.49. The van der Waals surface area contributed by atoms with Gasteiger partial charge in [-0.1, -0.05) is 5.16 Å². The average Bonchev–Trinajstić information content (AvgIpc) is 3.32. The van der Waals surface area contributed by atoms with Gasteiger partial charge in [-0.25, -0.2) is 17.6 Å². The van der Waals surface area contributed by atoms with E-state index in [4.69, 9.17) is 10.3 Å². The summed E-state index contributed by atoms with van der Waals surface area (Å²) in [5.41, 5.74) is 4.18. The van der Waals surface area contributed by atoms with E-state index in [1.807, 2.05) is 0 Å².